The highest BCUT2D eigenvalue weighted by Gasteiger charge is 2.23. The number of rotatable bonds is 7. The summed E-state index contributed by atoms with van der Waals surface area (Å²) in [6, 6.07) is 16.5. The van der Waals surface area contributed by atoms with Gasteiger partial charge in [0, 0.05) is 36.1 Å². The maximum Gasteiger partial charge on any atom is 0.337 e. The van der Waals surface area contributed by atoms with Crippen LogP contribution in [0.25, 0.3) is 0 Å². The van der Waals surface area contributed by atoms with E-state index in [1.807, 2.05) is 48.7 Å². The van der Waals surface area contributed by atoms with Crippen molar-refractivity contribution in [1.82, 2.24) is 9.88 Å². The smallest absolute Gasteiger partial charge is 0.337 e. The lowest BCUT2D eigenvalue weighted by Gasteiger charge is -2.15. The van der Waals surface area contributed by atoms with E-state index < -0.39 is 5.97 Å². The molecule has 0 aliphatic carbocycles. The monoisotopic (exact) mass is 380 g/mol. The fourth-order valence-corrected chi connectivity index (χ4v) is 3.57. The van der Waals surface area contributed by atoms with Crippen molar-refractivity contribution in [2.75, 3.05) is 0 Å². The summed E-state index contributed by atoms with van der Waals surface area (Å²) in [6.07, 6.45) is 0. The minimum atomic E-state index is -0.928. The molecule has 1 heterocycles. The van der Waals surface area contributed by atoms with Crippen molar-refractivity contribution in [2.45, 2.75) is 39.9 Å². The van der Waals surface area contributed by atoms with Gasteiger partial charge in [-0.3, -0.25) is 0 Å². The van der Waals surface area contributed by atoms with Crippen LogP contribution < -0.4 is 5.32 Å². The molecule has 0 spiro atoms. The van der Waals surface area contributed by atoms with Gasteiger partial charge in [-0.15, -0.1) is 0 Å². The number of halogens is 1. The second-order valence-electron chi connectivity index (χ2n) is 7.06. The summed E-state index contributed by atoms with van der Waals surface area (Å²) in [5.74, 6) is -1.21. The van der Waals surface area contributed by atoms with Crippen molar-refractivity contribution >= 4 is 5.97 Å². The molecule has 28 heavy (non-hydrogen) atoms. The van der Waals surface area contributed by atoms with E-state index in [0.29, 0.717) is 24.3 Å². The van der Waals surface area contributed by atoms with Gasteiger partial charge in [-0.1, -0.05) is 42.5 Å². The van der Waals surface area contributed by atoms with E-state index >= 15 is 0 Å². The fourth-order valence-electron chi connectivity index (χ4n) is 3.57. The lowest BCUT2D eigenvalue weighted by molar-refractivity contribution is 0.0694. The van der Waals surface area contributed by atoms with Crippen molar-refractivity contribution in [3.05, 3.63) is 94.1 Å². The van der Waals surface area contributed by atoms with Crippen LogP contribution >= 0.6 is 0 Å². The fraction of sp³-hybridized carbons (Fsp3) is 0.261. The highest BCUT2D eigenvalue weighted by atomic mass is 19.1. The molecule has 0 saturated carbocycles. The van der Waals surface area contributed by atoms with Gasteiger partial charge < -0.3 is 15.0 Å². The number of aromatic carboxylic acids is 1. The number of carboxylic acid groups (broad SMARTS) is 1. The van der Waals surface area contributed by atoms with E-state index in [1.54, 1.807) is 12.1 Å². The Balaban J connectivity index is 1.87. The molecular formula is C23H25FN2O2. The highest BCUT2D eigenvalue weighted by molar-refractivity contribution is 5.91. The first-order chi connectivity index (χ1) is 13.4. The number of nitrogens with one attached hydrogen (secondary N) is 1. The lowest BCUT2D eigenvalue weighted by atomic mass is 10.1. The standard InChI is InChI=1S/C23H25FN2O2/c1-15(19-7-5-4-6-8-19)25-13-21-16(2)26(17(3)22(21)23(27)28)14-18-9-11-20(24)12-10-18/h4-12,15,25H,13-14H2,1-3H3,(H,27,28)/t15-/m1/s1. The van der Waals surface area contributed by atoms with Crippen LogP contribution in [0.4, 0.5) is 4.39 Å². The van der Waals surface area contributed by atoms with Gasteiger partial charge in [-0.05, 0) is 44.0 Å². The van der Waals surface area contributed by atoms with Gasteiger partial charge in [0.25, 0.3) is 0 Å². The number of aromatic nitrogens is 1. The molecule has 0 fully saturated rings. The van der Waals surface area contributed by atoms with Crippen LogP contribution in [0.2, 0.25) is 0 Å². The molecule has 1 atom stereocenters. The Hall–Kier alpha value is -2.92. The van der Waals surface area contributed by atoms with Gasteiger partial charge in [0.2, 0.25) is 0 Å². The summed E-state index contributed by atoms with van der Waals surface area (Å²) in [5, 5.41) is 13.2. The Morgan fingerprint density at radius 1 is 1.07 bits per heavy atom. The molecule has 2 N–H and O–H groups in total. The van der Waals surface area contributed by atoms with Gasteiger partial charge in [-0.2, -0.15) is 0 Å². The molecule has 0 unspecified atom stereocenters. The Labute approximate surface area is 164 Å². The van der Waals surface area contributed by atoms with Crippen LogP contribution in [-0.2, 0) is 13.1 Å². The first kappa shape index (κ1) is 19.8. The van der Waals surface area contributed by atoms with Crippen LogP contribution in [0.3, 0.4) is 0 Å². The van der Waals surface area contributed by atoms with Crippen LogP contribution in [0.15, 0.2) is 54.6 Å². The summed E-state index contributed by atoms with van der Waals surface area (Å²) in [7, 11) is 0. The summed E-state index contributed by atoms with van der Waals surface area (Å²) >= 11 is 0. The third-order valence-electron chi connectivity index (χ3n) is 5.26. The second kappa shape index (κ2) is 8.40. The van der Waals surface area contributed by atoms with Crippen LogP contribution in [0.1, 0.15) is 51.4 Å². The Morgan fingerprint density at radius 2 is 1.71 bits per heavy atom. The van der Waals surface area contributed by atoms with E-state index in [4.69, 9.17) is 0 Å². The Kier molecular flexibility index (Phi) is 5.95. The molecule has 0 radical (unpaired) electrons. The maximum absolute atomic E-state index is 13.2. The van der Waals surface area contributed by atoms with Gasteiger partial charge >= 0.3 is 5.97 Å². The summed E-state index contributed by atoms with van der Waals surface area (Å²) < 4.78 is 15.2. The predicted molar refractivity (Wildman–Crippen MR) is 108 cm³/mol. The minimum absolute atomic E-state index is 0.1000. The van der Waals surface area contributed by atoms with Crippen molar-refractivity contribution in [1.29, 1.82) is 0 Å². The van der Waals surface area contributed by atoms with Crippen LogP contribution in [-0.4, -0.2) is 15.6 Å². The average Bonchev–Trinajstić information content (AvgIpc) is 2.92. The molecule has 0 aliphatic heterocycles. The van der Waals surface area contributed by atoms with Gasteiger partial charge in [0.1, 0.15) is 5.82 Å². The first-order valence-electron chi connectivity index (χ1n) is 9.33. The SMILES string of the molecule is Cc1c(CN[C@H](C)c2ccccc2)c(C(=O)O)c(C)n1Cc1ccc(F)cc1. The topological polar surface area (TPSA) is 54.3 Å². The summed E-state index contributed by atoms with van der Waals surface area (Å²) in [5.41, 5.74) is 4.82. The van der Waals surface area contributed by atoms with E-state index in [-0.39, 0.29) is 11.9 Å². The van der Waals surface area contributed by atoms with Crippen molar-refractivity contribution < 1.29 is 14.3 Å². The lowest BCUT2D eigenvalue weighted by Crippen LogP contribution is -2.19. The molecule has 5 heteroatoms. The number of hydrogen-bond donors (Lipinski definition) is 2. The quantitative estimate of drug-likeness (QED) is 0.617. The first-order valence-corrected chi connectivity index (χ1v) is 9.33. The minimum Gasteiger partial charge on any atom is -0.478 e. The van der Waals surface area contributed by atoms with Crippen LogP contribution in [0, 0.1) is 19.7 Å². The maximum atomic E-state index is 13.2. The molecule has 0 saturated heterocycles. The van der Waals surface area contributed by atoms with Gasteiger partial charge in [0.15, 0.2) is 0 Å². The molecule has 0 amide bonds. The average molecular weight is 380 g/mol. The molecule has 146 valence electrons. The van der Waals surface area contributed by atoms with Crippen LogP contribution in [0.5, 0.6) is 0 Å². The highest BCUT2D eigenvalue weighted by Crippen LogP contribution is 2.25. The van der Waals surface area contributed by atoms with E-state index in [9.17, 15) is 14.3 Å². The van der Waals surface area contributed by atoms with E-state index in [1.165, 1.54) is 12.1 Å². The Bertz CT molecular complexity index is 963. The van der Waals surface area contributed by atoms with Crippen molar-refractivity contribution in [2.24, 2.45) is 0 Å². The molecule has 2 aromatic carbocycles. The third-order valence-corrected chi connectivity index (χ3v) is 5.26. The molecule has 4 nitrogen and oxygen atoms in total. The summed E-state index contributed by atoms with van der Waals surface area (Å²) in [6.45, 7) is 6.79. The zero-order chi connectivity index (χ0) is 20.3. The van der Waals surface area contributed by atoms with E-state index in [0.717, 1.165) is 22.4 Å². The zero-order valence-electron chi connectivity index (χ0n) is 16.4. The van der Waals surface area contributed by atoms with Gasteiger partial charge in [-0.25, -0.2) is 9.18 Å². The van der Waals surface area contributed by atoms with Crippen molar-refractivity contribution in [3.63, 3.8) is 0 Å². The third kappa shape index (κ3) is 4.15. The van der Waals surface area contributed by atoms with Gasteiger partial charge in [0.05, 0.1) is 5.56 Å². The predicted octanol–water partition coefficient (Wildman–Crippen LogP) is 4.84. The number of nitrogens with zero attached hydrogens (tertiary/aromatic N) is 1. The number of benzene rings is 2. The molecule has 3 aromatic rings. The molecular weight excluding hydrogens is 355 g/mol. The second-order valence-corrected chi connectivity index (χ2v) is 7.06. The normalized spacial score (nSPS) is 12.1. The molecule has 3 rings (SSSR count). The number of carboxylic acids is 1. The molecule has 1 aromatic heterocycles. The number of hydrogen-bond acceptors (Lipinski definition) is 2. The molecule has 0 aliphatic rings. The zero-order valence-corrected chi connectivity index (χ0v) is 16.4. The Morgan fingerprint density at radius 3 is 2.32 bits per heavy atom. The molecule has 0 bridgehead atoms. The van der Waals surface area contributed by atoms with Crippen molar-refractivity contribution in [3.8, 4) is 0 Å². The number of carbonyl (C=O) groups is 1. The summed E-state index contributed by atoms with van der Waals surface area (Å²) in [4.78, 5) is 11.9. The van der Waals surface area contributed by atoms with E-state index in [2.05, 4.69) is 12.2 Å². The largest absolute Gasteiger partial charge is 0.478 e.